The Morgan fingerprint density at radius 1 is 1.48 bits per heavy atom. The lowest BCUT2D eigenvalue weighted by Crippen LogP contribution is -2.39. The van der Waals surface area contributed by atoms with E-state index in [9.17, 15) is 13.2 Å². The first kappa shape index (κ1) is 15.6. The largest absolute Gasteiger partial charge is 0.433 e. The van der Waals surface area contributed by atoms with E-state index in [0.29, 0.717) is 13.0 Å². The Labute approximate surface area is 120 Å². The zero-order valence-corrected chi connectivity index (χ0v) is 11.7. The Balaban J connectivity index is 2.45. The number of nitrogens with one attached hydrogen (secondary N) is 1. The van der Waals surface area contributed by atoms with Crippen molar-refractivity contribution in [3.8, 4) is 0 Å². The van der Waals surface area contributed by atoms with Gasteiger partial charge in [-0.15, -0.1) is 0 Å². The molecule has 1 aliphatic heterocycles. The van der Waals surface area contributed by atoms with Crippen LogP contribution in [0.1, 0.15) is 24.6 Å². The van der Waals surface area contributed by atoms with Gasteiger partial charge in [0, 0.05) is 13.7 Å². The van der Waals surface area contributed by atoms with Gasteiger partial charge in [0.2, 0.25) is 0 Å². The second-order valence-electron chi connectivity index (χ2n) is 5.02. The van der Waals surface area contributed by atoms with Gasteiger partial charge < -0.3 is 15.4 Å². The standard InChI is InChI=1S/C13H17F3N4O/c1-7-9(5-6-21-7)20(2)12-8(11(17)18)3-4-10(19-12)13(14,15)16/h3-4,7,9H,5-6H2,1-2H3,(H3,17,18). The molecule has 1 fully saturated rings. The van der Waals surface area contributed by atoms with Crippen molar-refractivity contribution >= 4 is 11.7 Å². The number of likely N-dealkylation sites (N-methyl/N-ethyl adjacent to an activating group) is 1. The van der Waals surface area contributed by atoms with Gasteiger partial charge in [0.1, 0.15) is 17.3 Å². The number of amidine groups is 1. The van der Waals surface area contributed by atoms with Crippen LogP contribution in [0.15, 0.2) is 12.1 Å². The van der Waals surface area contributed by atoms with Crippen molar-refractivity contribution in [1.82, 2.24) is 4.98 Å². The number of ether oxygens (including phenoxy) is 1. The van der Waals surface area contributed by atoms with Gasteiger partial charge in [0.15, 0.2) is 0 Å². The van der Waals surface area contributed by atoms with Crippen LogP contribution in [0.5, 0.6) is 0 Å². The first-order chi connectivity index (χ1) is 9.71. The second-order valence-corrected chi connectivity index (χ2v) is 5.02. The van der Waals surface area contributed by atoms with E-state index in [0.717, 1.165) is 6.07 Å². The predicted molar refractivity (Wildman–Crippen MR) is 72.5 cm³/mol. The SMILES string of the molecule is CC1OCCC1N(C)c1nc(C(F)(F)F)ccc1C(=N)N. The molecule has 2 rings (SSSR count). The quantitative estimate of drug-likeness (QED) is 0.661. The summed E-state index contributed by atoms with van der Waals surface area (Å²) in [4.78, 5) is 5.28. The molecule has 2 unspecified atom stereocenters. The monoisotopic (exact) mass is 302 g/mol. The minimum Gasteiger partial charge on any atom is -0.384 e. The fraction of sp³-hybridized carbons (Fsp3) is 0.538. The van der Waals surface area contributed by atoms with Crippen LogP contribution in [0.3, 0.4) is 0 Å². The van der Waals surface area contributed by atoms with Crippen LogP contribution in [0.25, 0.3) is 0 Å². The maximum absolute atomic E-state index is 12.8. The van der Waals surface area contributed by atoms with E-state index in [-0.39, 0.29) is 29.4 Å². The summed E-state index contributed by atoms with van der Waals surface area (Å²) >= 11 is 0. The van der Waals surface area contributed by atoms with Crippen molar-refractivity contribution in [3.63, 3.8) is 0 Å². The molecular formula is C13H17F3N4O. The van der Waals surface area contributed by atoms with E-state index < -0.39 is 11.9 Å². The molecule has 2 heterocycles. The van der Waals surface area contributed by atoms with Gasteiger partial charge in [0.05, 0.1) is 17.7 Å². The van der Waals surface area contributed by atoms with E-state index in [1.807, 2.05) is 6.92 Å². The molecule has 0 aromatic carbocycles. The second kappa shape index (κ2) is 5.51. The highest BCUT2D eigenvalue weighted by Gasteiger charge is 2.35. The van der Waals surface area contributed by atoms with E-state index >= 15 is 0 Å². The molecule has 116 valence electrons. The number of pyridine rings is 1. The molecule has 1 saturated heterocycles. The third-order valence-corrected chi connectivity index (χ3v) is 3.62. The average Bonchev–Trinajstić information content (AvgIpc) is 2.82. The average molecular weight is 302 g/mol. The summed E-state index contributed by atoms with van der Waals surface area (Å²) < 4.78 is 43.9. The number of aromatic nitrogens is 1. The van der Waals surface area contributed by atoms with Crippen LogP contribution in [0.2, 0.25) is 0 Å². The summed E-state index contributed by atoms with van der Waals surface area (Å²) in [5.41, 5.74) is 4.63. The molecule has 8 heteroatoms. The Morgan fingerprint density at radius 2 is 2.14 bits per heavy atom. The number of rotatable bonds is 3. The van der Waals surface area contributed by atoms with Gasteiger partial charge in [-0.1, -0.05) is 0 Å². The topological polar surface area (TPSA) is 75.2 Å². The molecular weight excluding hydrogens is 285 g/mol. The molecule has 1 aromatic rings. The van der Waals surface area contributed by atoms with E-state index in [2.05, 4.69) is 4.98 Å². The number of nitrogens with two attached hydrogens (primary N) is 1. The Kier molecular flexibility index (Phi) is 4.08. The zero-order chi connectivity index (χ0) is 15.8. The summed E-state index contributed by atoms with van der Waals surface area (Å²) in [6, 6.07) is 1.92. The van der Waals surface area contributed by atoms with Gasteiger partial charge in [-0.25, -0.2) is 4.98 Å². The van der Waals surface area contributed by atoms with Gasteiger partial charge in [0.25, 0.3) is 0 Å². The first-order valence-corrected chi connectivity index (χ1v) is 6.49. The summed E-state index contributed by atoms with van der Waals surface area (Å²) in [5, 5.41) is 7.52. The Morgan fingerprint density at radius 3 is 2.62 bits per heavy atom. The zero-order valence-electron chi connectivity index (χ0n) is 11.7. The fourth-order valence-electron chi connectivity index (χ4n) is 2.47. The molecule has 0 amide bonds. The molecule has 0 saturated carbocycles. The minimum atomic E-state index is -4.54. The molecule has 21 heavy (non-hydrogen) atoms. The van der Waals surface area contributed by atoms with Crippen LogP contribution in [-0.2, 0) is 10.9 Å². The number of hydrogen-bond donors (Lipinski definition) is 2. The predicted octanol–water partition coefficient (Wildman–Crippen LogP) is 2.00. The smallest absolute Gasteiger partial charge is 0.384 e. The minimum absolute atomic E-state index is 0.0553. The highest BCUT2D eigenvalue weighted by Crippen LogP contribution is 2.32. The Bertz CT molecular complexity index is 547. The third-order valence-electron chi connectivity index (χ3n) is 3.62. The molecule has 0 spiro atoms. The normalized spacial score (nSPS) is 22.3. The van der Waals surface area contributed by atoms with E-state index in [1.165, 1.54) is 6.07 Å². The highest BCUT2D eigenvalue weighted by atomic mass is 19.4. The molecule has 1 aromatic heterocycles. The van der Waals surface area contributed by atoms with Crippen molar-refractivity contribution in [3.05, 3.63) is 23.4 Å². The van der Waals surface area contributed by atoms with Crippen LogP contribution in [0, 0.1) is 5.41 Å². The van der Waals surface area contributed by atoms with E-state index in [1.54, 1.807) is 11.9 Å². The Hall–Kier alpha value is -1.83. The maximum Gasteiger partial charge on any atom is 0.433 e. The third kappa shape index (κ3) is 3.10. The summed E-state index contributed by atoms with van der Waals surface area (Å²) in [7, 11) is 1.64. The number of nitrogens with zero attached hydrogens (tertiary/aromatic N) is 2. The molecule has 0 radical (unpaired) electrons. The van der Waals surface area contributed by atoms with Crippen molar-refractivity contribution in [2.45, 2.75) is 31.7 Å². The van der Waals surface area contributed by atoms with Gasteiger partial charge in [-0.2, -0.15) is 13.2 Å². The number of nitrogen functional groups attached to an aromatic ring is 1. The molecule has 0 bridgehead atoms. The van der Waals surface area contributed by atoms with Gasteiger partial charge in [-0.3, -0.25) is 5.41 Å². The first-order valence-electron chi connectivity index (χ1n) is 6.49. The molecule has 3 N–H and O–H groups in total. The number of anilines is 1. The lowest BCUT2D eigenvalue weighted by atomic mass is 10.1. The lowest BCUT2D eigenvalue weighted by molar-refractivity contribution is -0.141. The molecule has 5 nitrogen and oxygen atoms in total. The summed E-state index contributed by atoms with van der Waals surface area (Å²) in [5.74, 6) is -0.260. The summed E-state index contributed by atoms with van der Waals surface area (Å²) in [6.45, 7) is 2.40. The van der Waals surface area contributed by atoms with Crippen molar-refractivity contribution in [1.29, 1.82) is 5.41 Å². The van der Waals surface area contributed by atoms with E-state index in [4.69, 9.17) is 15.9 Å². The summed E-state index contributed by atoms with van der Waals surface area (Å²) in [6.07, 6.45) is -3.97. The van der Waals surface area contributed by atoms with Crippen LogP contribution in [-0.4, -0.2) is 36.6 Å². The number of hydrogen-bond acceptors (Lipinski definition) is 4. The fourth-order valence-corrected chi connectivity index (χ4v) is 2.47. The van der Waals surface area contributed by atoms with Gasteiger partial charge >= 0.3 is 6.18 Å². The lowest BCUT2D eigenvalue weighted by Gasteiger charge is -2.29. The molecule has 0 aliphatic carbocycles. The van der Waals surface area contributed by atoms with Crippen molar-refractivity contribution in [2.24, 2.45) is 5.73 Å². The van der Waals surface area contributed by atoms with Crippen molar-refractivity contribution < 1.29 is 17.9 Å². The number of alkyl halides is 3. The van der Waals surface area contributed by atoms with Gasteiger partial charge in [-0.05, 0) is 25.5 Å². The molecule has 1 aliphatic rings. The molecule has 2 atom stereocenters. The highest BCUT2D eigenvalue weighted by molar-refractivity contribution is 5.99. The van der Waals surface area contributed by atoms with Crippen LogP contribution >= 0.6 is 0 Å². The van der Waals surface area contributed by atoms with Crippen molar-refractivity contribution in [2.75, 3.05) is 18.6 Å². The van der Waals surface area contributed by atoms with Crippen LogP contribution < -0.4 is 10.6 Å². The van der Waals surface area contributed by atoms with Crippen LogP contribution in [0.4, 0.5) is 19.0 Å². The maximum atomic E-state index is 12.8. The number of halogens is 3.